The van der Waals surface area contributed by atoms with Crippen LogP contribution < -0.4 is 5.32 Å². The lowest BCUT2D eigenvalue weighted by Gasteiger charge is -2.23. The zero-order chi connectivity index (χ0) is 12.1. The standard InChI is InChI=1S/C14H25NS/c1-6-8-15-14(10(3)7-2)13-9-11(4)12(5)16-13/h9-10,14-15H,6-8H2,1-5H3. The van der Waals surface area contributed by atoms with Gasteiger partial charge in [0.15, 0.2) is 0 Å². The van der Waals surface area contributed by atoms with E-state index in [0.29, 0.717) is 12.0 Å². The first kappa shape index (κ1) is 13.7. The van der Waals surface area contributed by atoms with Gasteiger partial charge in [0.25, 0.3) is 0 Å². The van der Waals surface area contributed by atoms with Gasteiger partial charge in [0.2, 0.25) is 0 Å². The van der Waals surface area contributed by atoms with Gasteiger partial charge in [-0.05, 0) is 44.4 Å². The van der Waals surface area contributed by atoms with Gasteiger partial charge in [-0.1, -0.05) is 27.2 Å². The molecular weight excluding hydrogens is 214 g/mol. The molecule has 0 spiro atoms. The summed E-state index contributed by atoms with van der Waals surface area (Å²) in [6.45, 7) is 12.4. The van der Waals surface area contributed by atoms with Gasteiger partial charge in [-0.15, -0.1) is 11.3 Å². The van der Waals surface area contributed by atoms with E-state index in [4.69, 9.17) is 0 Å². The average Bonchev–Trinajstić information content (AvgIpc) is 2.59. The molecule has 0 saturated heterocycles. The lowest BCUT2D eigenvalue weighted by Crippen LogP contribution is -2.26. The van der Waals surface area contributed by atoms with Crippen molar-refractivity contribution in [1.82, 2.24) is 5.32 Å². The first-order valence-corrected chi connectivity index (χ1v) is 7.22. The third-order valence-electron chi connectivity index (χ3n) is 3.32. The normalized spacial score (nSPS) is 15.1. The van der Waals surface area contributed by atoms with Gasteiger partial charge in [0.05, 0.1) is 0 Å². The Bertz CT molecular complexity index is 297. The van der Waals surface area contributed by atoms with E-state index in [9.17, 15) is 0 Å². The molecule has 1 rings (SSSR count). The van der Waals surface area contributed by atoms with E-state index in [1.807, 2.05) is 11.3 Å². The van der Waals surface area contributed by atoms with Crippen molar-refractivity contribution in [2.75, 3.05) is 6.54 Å². The molecule has 0 aliphatic rings. The molecule has 2 heteroatoms. The number of thiophene rings is 1. The summed E-state index contributed by atoms with van der Waals surface area (Å²) in [5, 5.41) is 3.69. The number of nitrogens with one attached hydrogen (secondary N) is 1. The molecule has 0 aromatic carbocycles. The first-order chi connectivity index (χ1) is 7.60. The third-order valence-corrected chi connectivity index (χ3v) is 4.55. The lowest BCUT2D eigenvalue weighted by molar-refractivity contribution is 0.382. The Morgan fingerprint density at radius 1 is 1.31 bits per heavy atom. The van der Waals surface area contributed by atoms with E-state index in [1.165, 1.54) is 28.2 Å². The number of hydrogen-bond acceptors (Lipinski definition) is 2. The summed E-state index contributed by atoms with van der Waals surface area (Å²) >= 11 is 1.95. The quantitative estimate of drug-likeness (QED) is 0.773. The molecule has 0 aliphatic carbocycles. The van der Waals surface area contributed by atoms with Gasteiger partial charge in [-0.2, -0.15) is 0 Å². The van der Waals surface area contributed by atoms with Crippen LogP contribution in [0.15, 0.2) is 6.07 Å². The van der Waals surface area contributed by atoms with E-state index in [2.05, 4.69) is 46.0 Å². The topological polar surface area (TPSA) is 12.0 Å². The van der Waals surface area contributed by atoms with Crippen molar-refractivity contribution in [3.8, 4) is 0 Å². The van der Waals surface area contributed by atoms with Gasteiger partial charge in [-0.3, -0.25) is 0 Å². The Kier molecular flexibility index (Phi) is 5.50. The van der Waals surface area contributed by atoms with Crippen molar-refractivity contribution in [3.05, 3.63) is 21.4 Å². The van der Waals surface area contributed by atoms with Crippen LogP contribution in [0.4, 0.5) is 0 Å². The molecule has 92 valence electrons. The zero-order valence-corrected chi connectivity index (χ0v) is 12.1. The molecule has 0 aliphatic heterocycles. The van der Waals surface area contributed by atoms with E-state index in [0.717, 1.165) is 6.54 Å². The minimum absolute atomic E-state index is 0.544. The highest BCUT2D eigenvalue weighted by atomic mass is 32.1. The van der Waals surface area contributed by atoms with Crippen LogP contribution in [0, 0.1) is 19.8 Å². The molecule has 0 bridgehead atoms. The molecule has 0 fully saturated rings. The predicted molar refractivity (Wildman–Crippen MR) is 74.3 cm³/mol. The van der Waals surface area contributed by atoms with Crippen molar-refractivity contribution in [1.29, 1.82) is 0 Å². The maximum atomic E-state index is 3.69. The fraction of sp³-hybridized carbons (Fsp3) is 0.714. The highest BCUT2D eigenvalue weighted by molar-refractivity contribution is 7.12. The molecule has 1 N–H and O–H groups in total. The molecule has 2 unspecified atom stereocenters. The second-order valence-corrected chi connectivity index (χ2v) is 5.99. The van der Waals surface area contributed by atoms with Crippen LogP contribution in [0.3, 0.4) is 0 Å². The van der Waals surface area contributed by atoms with Crippen LogP contribution in [0.25, 0.3) is 0 Å². The highest BCUT2D eigenvalue weighted by Crippen LogP contribution is 2.32. The molecule has 1 heterocycles. The average molecular weight is 239 g/mol. The Morgan fingerprint density at radius 3 is 2.44 bits per heavy atom. The summed E-state index contributed by atoms with van der Waals surface area (Å²) in [5.41, 5.74) is 1.44. The fourth-order valence-electron chi connectivity index (χ4n) is 1.87. The smallest absolute Gasteiger partial charge is 0.0440 e. The van der Waals surface area contributed by atoms with Crippen LogP contribution in [-0.2, 0) is 0 Å². The molecule has 1 aromatic heterocycles. The molecule has 0 radical (unpaired) electrons. The Morgan fingerprint density at radius 2 is 2.00 bits per heavy atom. The molecule has 16 heavy (non-hydrogen) atoms. The number of aryl methyl sites for hydroxylation is 2. The molecule has 0 saturated carbocycles. The minimum atomic E-state index is 0.544. The lowest BCUT2D eigenvalue weighted by atomic mass is 9.97. The molecule has 1 aromatic rings. The SMILES string of the molecule is CCCNC(c1cc(C)c(C)s1)C(C)CC. The van der Waals surface area contributed by atoms with Crippen molar-refractivity contribution < 1.29 is 0 Å². The largest absolute Gasteiger partial charge is 0.309 e. The van der Waals surface area contributed by atoms with E-state index in [1.54, 1.807) is 0 Å². The Labute approximate surface area is 104 Å². The highest BCUT2D eigenvalue weighted by Gasteiger charge is 2.19. The van der Waals surface area contributed by atoms with Crippen LogP contribution in [0.1, 0.15) is 55.0 Å². The van der Waals surface area contributed by atoms with Crippen molar-refractivity contribution in [2.24, 2.45) is 5.92 Å². The second-order valence-electron chi connectivity index (χ2n) is 4.71. The van der Waals surface area contributed by atoms with Gasteiger partial charge < -0.3 is 5.32 Å². The maximum absolute atomic E-state index is 3.69. The fourth-order valence-corrected chi connectivity index (χ4v) is 3.12. The maximum Gasteiger partial charge on any atom is 0.0440 e. The van der Waals surface area contributed by atoms with Gasteiger partial charge in [0, 0.05) is 15.8 Å². The molecule has 0 amide bonds. The summed E-state index contributed by atoms with van der Waals surface area (Å²) in [4.78, 5) is 2.97. The van der Waals surface area contributed by atoms with E-state index >= 15 is 0 Å². The summed E-state index contributed by atoms with van der Waals surface area (Å²) < 4.78 is 0. The van der Waals surface area contributed by atoms with Crippen molar-refractivity contribution >= 4 is 11.3 Å². The molecular formula is C14H25NS. The third kappa shape index (κ3) is 3.33. The predicted octanol–water partition coefficient (Wildman–Crippen LogP) is 4.45. The van der Waals surface area contributed by atoms with Crippen LogP contribution in [0.2, 0.25) is 0 Å². The summed E-state index contributed by atoms with van der Waals surface area (Å²) in [6.07, 6.45) is 2.44. The zero-order valence-electron chi connectivity index (χ0n) is 11.3. The summed E-state index contributed by atoms with van der Waals surface area (Å²) in [7, 11) is 0. The molecule has 1 nitrogen and oxygen atoms in total. The van der Waals surface area contributed by atoms with E-state index < -0.39 is 0 Å². The summed E-state index contributed by atoms with van der Waals surface area (Å²) in [5.74, 6) is 0.712. The van der Waals surface area contributed by atoms with Crippen LogP contribution in [0.5, 0.6) is 0 Å². The van der Waals surface area contributed by atoms with Gasteiger partial charge >= 0.3 is 0 Å². The van der Waals surface area contributed by atoms with Gasteiger partial charge in [0.1, 0.15) is 0 Å². The van der Waals surface area contributed by atoms with Crippen LogP contribution in [-0.4, -0.2) is 6.54 Å². The first-order valence-electron chi connectivity index (χ1n) is 6.40. The number of rotatable bonds is 6. The Hall–Kier alpha value is -0.340. The second kappa shape index (κ2) is 6.41. The van der Waals surface area contributed by atoms with Crippen molar-refractivity contribution in [3.63, 3.8) is 0 Å². The van der Waals surface area contributed by atoms with Gasteiger partial charge in [-0.25, -0.2) is 0 Å². The minimum Gasteiger partial charge on any atom is -0.309 e. The van der Waals surface area contributed by atoms with Crippen molar-refractivity contribution in [2.45, 2.75) is 53.5 Å². The Balaban J connectivity index is 2.82. The number of hydrogen-bond donors (Lipinski definition) is 1. The molecule has 2 atom stereocenters. The van der Waals surface area contributed by atoms with Crippen LogP contribution >= 0.6 is 11.3 Å². The van der Waals surface area contributed by atoms with E-state index in [-0.39, 0.29) is 0 Å². The summed E-state index contributed by atoms with van der Waals surface area (Å²) in [6, 6.07) is 2.90. The monoisotopic (exact) mass is 239 g/mol.